The van der Waals surface area contributed by atoms with Crippen LogP contribution in [-0.4, -0.2) is 25.0 Å². The molecular weight excluding hydrogens is 318 g/mol. The normalized spacial score (nSPS) is 11.3. The fourth-order valence-electron chi connectivity index (χ4n) is 1.38. The number of hydrogen-bond donors (Lipinski definition) is 2. The Morgan fingerprint density at radius 3 is 2.47 bits per heavy atom. The molecule has 0 saturated carbocycles. The van der Waals surface area contributed by atoms with Gasteiger partial charge in [-0.2, -0.15) is 0 Å². The predicted octanol–water partition coefficient (Wildman–Crippen LogP) is 2.03. The summed E-state index contributed by atoms with van der Waals surface area (Å²) in [4.78, 5) is 12.3. The van der Waals surface area contributed by atoms with E-state index in [0.717, 1.165) is 10.0 Å². The molecule has 0 aliphatic heterocycles. The number of halogens is 1. The zero-order chi connectivity index (χ0) is 14.3. The SMILES string of the molecule is O=[N+]([O-])O.OC(Cn1ccnc1)c1ccc(Br)cc1. The summed E-state index contributed by atoms with van der Waals surface area (Å²) in [6.07, 6.45) is 4.74. The minimum absolute atomic E-state index is 0.493. The molecule has 1 aromatic heterocycles. The fraction of sp³-hybridized carbons (Fsp3) is 0.182. The van der Waals surface area contributed by atoms with Crippen LogP contribution in [0.15, 0.2) is 47.5 Å². The van der Waals surface area contributed by atoms with Crippen molar-refractivity contribution in [3.05, 3.63) is 63.1 Å². The van der Waals surface area contributed by atoms with Crippen LogP contribution in [0.5, 0.6) is 0 Å². The maximum absolute atomic E-state index is 9.92. The average Bonchev–Trinajstić information content (AvgIpc) is 2.82. The predicted molar refractivity (Wildman–Crippen MR) is 70.1 cm³/mol. The number of nitrogens with zero attached hydrogens (tertiary/aromatic N) is 3. The van der Waals surface area contributed by atoms with E-state index in [0.29, 0.717) is 6.54 Å². The molecule has 0 radical (unpaired) electrons. The van der Waals surface area contributed by atoms with Gasteiger partial charge >= 0.3 is 0 Å². The van der Waals surface area contributed by atoms with Crippen molar-refractivity contribution in [2.45, 2.75) is 12.6 Å². The van der Waals surface area contributed by atoms with Crippen LogP contribution in [0.2, 0.25) is 0 Å². The Labute approximate surface area is 117 Å². The monoisotopic (exact) mass is 329 g/mol. The van der Waals surface area contributed by atoms with E-state index in [9.17, 15) is 5.11 Å². The van der Waals surface area contributed by atoms with Gasteiger partial charge in [0.15, 0.2) is 0 Å². The van der Waals surface area contributed by atoms with E-state index >= 15 is 0 Å². The lowest BCUT2D eigenvalue weighted by molar-refractivity contribution is -0.742. The molecule has 1 unspecified atom stereocenters. The quantitative estimate of drug-likeness (QED) is 0.662. The second-order valence-electron chi connectivity index (χ2n) is 3.56. The molecule has 1 atom stereocenters. The number of hydrogen-bond acceptors (Lipinski definition) is 4. The van der Waals surface area contributed by atoms with Crippen molar-refractivity contribution in [3.8, 4) is 0 Å². The Morgan fingerprint density at radius 1 is 1.42 bits per heavy atom. The minimum atomic E-state index is -1.50. The first-order chi connectivity index (χ1) is 8.99. The highest BCUT2D eigenvalue weighted by Crippen LogP contribution is 2.18. The summed E-state index contributed by atoms with van der Waals surface area (Å²) >= 11 is 3.36. The molecule has 0 saturated heterocycles. The Bertz CT molecular complexity index is 497. The van der Waals surface area contributed by atoms with Gasteiger partial charge in [-0.05, 0) is 17.7 Å². The standard InChI is InChI=1S/C11H11BrN2O.HNO3/c12-10-3-1-9(2-4-10)11(15)7-14-6-5-13-8-14;2-1(3)4/h1-6,8,11,15H,7H2;(H,2,3,4). The third-order valence-corrected chi connectivity index (χ3v) is 2.73. The van der Waals surface area contributed by atoms with E-state index in [1.165, 1.54) is 0 Å². The summed E-state index contributed by atoms with van der Waals surface area (Å²) in [5.74, 6) is 0. The molecule has 0 fully saturated rings. The first-order valence-electron chi connectivity index (χ1n) is 5.21. The molecule has 0 amide bonds. The topological polar surface area (TPSA) is 101 Å². The molecule has 0 aliphatic rings. The number of rotatable bonds is 3. The van der Waals surface area contributed by atoms with Crippen molar-refractivity contribution in [1.82, 2.24) is 9.55 Å². The Kier molecular flexibility index (Phi) is 5.97. The van der Waals surface area contributed by atoms with E-state index < -0.39 is 11.2 Å². The van der Waals surface area contributed by atoms with E-state index in [1.54, 1.807) is 12.5 Å². The van der Waals surface area contributed by atoms with Crippen molar-refractivity contribution < 1.29 is 15.4 Å². The summed E-state index contributed by atoms with van der Waals surface area (Å²) in [6.45, 7) is 0.529. The highest BCUT2D eigenvalue weighted by Gasteiger charge is 2.07. The summed E-state index contributed by atoms with van der Waals surface area (Å²) in [6, 6.07) is 7.66. The molecule has 0 spiro atoms. The number of imidazole rings is 1. The molecule has 102 valence electrons. The third-order valence-electron chi connectivity index (χ3n) is 2.20. The van der Waals surface area contributed by atoms with Crippen LogP contribution in [0.1, 0.15) is 11.7 Å². The lowest BCUT2D eigenvalue weighted by Gasteiger charge is -2.11. The molecule has 0 aliphatic carbocycles. The minimum Gasteiger partial charge on any atom is -0.387 e. The molecule has 2 rings (SSSR count). The molecular formula is C11H12BrN3O4. The second-order valence-corrected chi connectivity index (χ2v) is 4.48. The van der Waals surface area contributed by atoms with E-state index in [2.05, 4.69) is 20.9 Å². The van der Waals surface area contributed by atoms with Gasteiger partial charge in [-0.3, -0.25) is 0 Å². The average molecular weight is 330 g/mol. The number of aliphatic hydroxyl groups excluding tert-OH is 1. The van der Waals surface area contributed by atoms with Gasteiger partial charge < -0.3 is 14.9 Å². The second kappa shape index (κ2) is 7.49. The molecule has 8 heteroatoms. The molecule has 7 nitrogen and oxygen atoms in total. The lowest BCUT2D eigenvalue weighted by atomic mass is 10.1. The van der Waals surface area contributed by atoms with Crippen LogP contribution in [0.25, 0.3) is 0 Å². The Morgan fingerprint density at radius 2 is 2.00 bits per heavy atom. The van der Waals surface area contributed by atoms with Gasteiger partial charge in [0.25, 0.3) is 5.09 Å². The van der Waals surface area contributed by atoms with Crippen LogP contribution in [0, 0.1) is 10.1 Å². The van der Waals surface area contributed by atoms with Crippen LogP contribution in [0.4, 0.5) is 0 Å². The number of benzene rings is 1. The summed E-state index contributed by atoms with van der Waals surface area (Å²) < 4.78 is 2.87. The summed E-state index contributed by atoms with van der Waals surface area (Å²) in [7, 11) is 0. The van der Waals surface area contributed by atoms with Crippen LogP contribution in [-0.2, 0) is 6.54 Å². The molecule has 0 bridgehead atoms. The summed E-state index contributed by atoms with van der Waals surface area (Å²) in [5, 5.41) is 23.6. The van der Waals surface area contributed by atoms with Crippen molar-refractivity contribution in [1.29, 1.82) is 0 Å². The maximum atomic E-state index is 9.92. The Balaban J connectivity index is 0.000000399. The first-order valence-corrected chi connectivity index (χ1v) is 6.01. The molecule has 1 heterocycles. The summed E-state index contributed by atoms with van der Waals surface area (Å²) in [5.41, 5.74) is 0.909. The van der Waals surface area contributed by atoms with Crippen molar-refractivity contribution in [3.63, 3.8) is 0 Å². The van der Waals surface area contributed by atoms with E-state index in [4.69, 9.17) is 15.3 Å². The smallest absolute Gasteiger partial charge is 0.291 e. The van der Waals surface area contributed by atoms with Gasteiger partial charge in [0.1, 0.15) is 0 Å². The van der Waals surface area contributed by atoms with Gasteiger partial charge in [-0.1, -0.05) is 28.1 Å². The Hall–Kier alpha value is -1.93. The molecule has 2 aromatic rings. The number of aliphatic hydroxyl groups is 1. The van der Waals surface area contributed by atoms with Gasteiger partial charge in [-0.15, -0.1) is 10.1 Å². The largest absolute Gasteiger partial charge is 0.387 e. The van der Waals surface area contributed by atoms with Crippen LogP contribution < -0.4 is 0 Å². The van der Waals surface area contributed by atoms with Crippen molar-refractivity contribution in [2.24, 2.45) is 0 Å². The van der Waals surface area contributed by atoms with Gasteiger partial charge in [0.05, 0.1) is 19.0 Å². The highest BCUT2D eigenvalue weighted by atomic mass is 79.9. The van der Waals surface area contributed by atoms with Crippen molar-refractivity contribution in [2.75, 3.05) is 0 Å². The maximum Gasteiger partial charge on any atom is 0.291 e. The highest BCUT2D eigenvalue weighted by molar-refractivity contribution is 9.10. The van der Waals surface area contributed by atoms with E-state index in [1.807, 2.05) is 35.0 Å². The third kappa shape index (κ3) is 5.98. The zero-order valence-corrected chi connectivity index (χ0v) is 11.3. The molecule has 2 N–H and O–H groups in total. The van der Waals surface area contributed by atoms with Gasteiger partial charge in [0.2, 0.25) is 0 Å². The lowest BCUT2D eigenvalue weighted by Crippen LogP contribution is -2.06. The van der Waals surface area contributed by atoms with Crippen molar-refractivity contribution >= 4 is 15.9 Å². The van der Waals surface area contributed by atoms with Gasteiger partial charge in [0, 0.05) is 16.9 Å². The van der Waals surface area contributed by atoms with E-state index in [-0.39, 0.29) is 0 Å². The van der Waals surface area contributed by atoms with Crippen LogP contribution >= 0.6 is 15.9 Å². The zero-order valence-electron chi connectivity index (χ0n) is 9.76. The molecule has 19 heavy (non-hydrogen) atoms. The van der Waals surface area contributed by atoms with Gasteiger partial charge in [-0.25, -0.2) is 4.98 Å². The fourth-order valence-corrected chi connectivity index (χ4v) is 1.65. The first kappa shape index (κ1) is 15.1. The van der Waals surface area contributed by atoms with Crippen LogP contribution in [0.3, 0.4) is 0 Å². The molecule has 1 aromatic carbocycles. The number of aromatic nitrogens is 2.